The summed E-state index contributed by atoms with van der Waals surface area (Å²) in [6.07, 6.45) is -0.572. The van der Waals surface area contributed by atoms with Gasteiger partial charge in [0.25, 0.3) is 0 Å². The van der Waals surface area contributed by atoms with E-state index in [9.17, 15) is 5.11 Å². The fourth-order valence-electron chi connectivity index (χ4n) is 1.38. The lowest BCUT2D eigenvalue weighted by atomic mass is 10.1. The molecule has 0 amide bonds. The predicted octanol–water partition coefficient (Wildman–Crippen LogP) is 1.29. The van der Waals surface area contributed by atoms with Crippen molar-refractivity contribution in [2.24, 2.45) is 0 Å². The number of nitrogens with zero attached hydrogens (tertiary/aromatic N) is 1. The molecule has 0 fully saturated rings. The van der Waals surface area contributed by atoms with Gasteiger partial charge in [0.05, 0.1) is 24.0 Å². The van der Waals surface area contributed by atoms with Gasteiger partial charge in [0.1, 0.15) is 6.07 Å². The molecule has 0 saturated heterocycles. The maximum absolute atomic E-state index is 9.47. The highest BCUT2D eigenvalue weighted by Crippen LogP contribution is 2.16. The standard InChI is InChI=1S/C12H16N2O2/c1-9-3-4-10(6-13)12(5-9)14-7-11(15)8-16-2/h3-5,11,14-15H,7-8H2,1-2H3. The van der Waals surface area contributed by atoms with Crippen molar-refractivity contribution in [3.05, 3.63) is 29.3 Å². The van der Waals surface area contributed by atoms with Crippen molar-refractivity contribution in [1.82, 2.24) is 0 Å². The molecule has 16 heavy (non-hydrogen) atoms. The number of rotatable bonds is 5. The minimum atomic E-state index is -0.572. The first-order chi connectivity index (χ1) is 7.67. The first-order valence-corrected chi connectivity index (χ1v) is 5.09. The van der Waals surface area contributed by atoms with Crippen molar-refractivity contribution < 1.29 is 9.84 Å². The molecule has 2 N–H and O–H groups in total. The molecule has 1 unspecified atom stereocenters. The van der Waals surface area contributed by atoms with Gasteiger partial charge in [-0.2, -0.15) is 5.26 Å². The minimum absolute atomic E-state index is 0.278. The van der Waals surface area contributed by atoms with Gasteiger partial charge in [0.15, 0.2) is 0 Å². The summed E-state index contributed by atoms with van der Waals surface area (Å²) in [5.41, 5.74) is 2.40. The highest BCUT2D eigenvalue weighted by Gasteiger charge is 2.06. The molecule has 0 saturated carbocycles. The Morgan fingerprint density at radius 3 is 2.94 bits per heavy atom. The van der Waals surface area contributed by atoms with E-state index in [1.54, 1.807) is 6.07 Å². The van der Waals surface area contributed by atoms with E-state index in [0.717, 1.165) is 11.3 Å². The van der Waals surface area contributed by atoms with Gasteiger partial charge in [-0.05, 0) is 24.6 Å². The van der Waals surface area contributed by atoms with E-state index in [1.807, 2.05) is 19.1 Å². The van der Waals surface area contributed by atoms with Crippen molar-refractivity contribution in [2.45, 2.75) is 13.0 Å². The maximum atomic E-state index is 9.47. The smallest absolute Gasteiger partial charge is 0.101 e. The second kappa shape index (κ2) is 6.11. The minimum Gasteiger partial charge on any atom is -0.389 e. The number of hydrogen-bond donors (Lipinski definition) is 2. The topological polar surface area (TPSA) is 65.3 Å². The second-order valence-electron chi connectivity index (χ2n) is 3.65. The third-order valence-electron chi connectivity index (χ3n) is 2.18. The van der Waals surface area contributed by atoms with E-state index < -0.39 is 6.10 Å². The number of aryl methyl sites for hydroxylation is 1. The Bertz CT molecular complexity index is 385. The van der Waals surface area contributed by atoms with Crippen LogP contribution in [-0.4, -0.2) is 31.5 Å². The van der Waals surface area contributed by atoms with Gasteiger partial charge in [-0.25, -0.2) is 0 Å². The molecular weight excluding hydrogens is 204 g/mol. The molecule has 4 nitrogen and oxygen atoms in total. The Kier molecular flexibility index (Phi) is 4.77. The van der Waals surface area contributed by atoms with E-state index in [1.165, 1.54) is 7.11 Å². The highest BCUT2D eigenvalue weighted by molar-refractivity contribution is 5.58. The molecule has 0 spiro atoms. The number of aliphatic hydroxyl groups excluding tert-OH is 1. The molecule has 0 aliphatic heterocycles. The van der Waals surface area contributed by atoms with Crippen molar-refractivity contribution in [2.75, 3.05) is 25.6 Å². The predicted molar refractivity (Wildman–Crippen MR) is 62.3 cm³/mol. The summed E-state index contributed by atoms with van der Waals surface area (Å²) in [6.45, 7) is 2.60. The first kappa shape index (κ1) is 12.5. The van der Waals surface area contributed by atoms with Gasteiger partial charge in [-0.15, -0.1) is 0 Å². The van der Waals surface area contributed by atoms with Crippen molar-refractivity contribution >= 4 is 5.69 Å². The Morgan fingerprint density at radius 2 is 2.31 bits per heavy atom. The molecule has 0 aromatic heterocycles. The van der Waals surface area contributed by atoms with Crippen LogP contribution in [0.2, 0.25) is 0 Å². The van der Waals surface area contributed by atoms with Gasteiger partial charge in [0, 0.05) is 13.7 Å². The number of nitrogens with one attached hydrogen (secondary N) is 1. The third kappa shape index (κ3) is 3.54. The van der Waals surface area contributed by atoms with Crippen LogP contribution in [0, 0.1) is 18.3 Å². The summed E-state index contributed by atoms with van der Waals surface area (Å²) in [7, 11) is 1.54. The third-order valence-corrected chi connectivity index (χ3v) is 2.18. The quantitative estimate of drug-likeness (QED) is 0.784. The van der Waals surface area contributed by atoms with E-state index in [0.29, 0.717) is 12.1 Å². The van der Waals surface area contributed by atoms with E-state index >= 15 is 0 Å². The van der Waals surface area contributed by atoms with Crippen LogP contribution >= 0.6 is 0 Å². The Morgan fingerprint density at radius 1 is 1.56 bits per heavy atom. The Balaban J connectivity index is 2.66. The van der Waals surface area contributed by atoms with Crippen LogP contribution in [0.3, 0.4) is 0 Å². The van der Waals surface area contributed by atoms with Crippen LogP contribution in [0.5, 0.6) is 0 Å². The van der Waals surface area contributed by atoms with Gasteiger partial charge in [0.2, 0.25) is 0 Å². The molecule has 1 aromatic carbocycles. The number of methoxy groups -OCH3 is 1. The molecule has 1 atom stereocenters. The monoisotopic (exact) mass is 220 g/mol. The lowest BCUT2D eigenvalue weighted by Gasteiger charge is -2.13. The molecule has 1 aromatic rings. The summed E-state index contributed by atoms with van der Waals surface area (Å²) in [4.78, 5) is 0. The summed E-state index contributed by atoms with van der Waals surface area (Å²) < 4.78 is 4.82. The number of hydrogen-bond acceptors (Lipinski definition) is 4. The lowest BCUT2D eigenvalue weighted by Crippen LogP contribution is -2.24. The van der Waals surface area contributed by atoms with E-state index in [4.69, 9.17) is 10.00 Å². The fourth-order valence-corrected chi connectivity index (χ4v) is 1.38. The Hall–Kier alpha value is -1.57. The number of nitriles is 1. The molecule has 86 valence electrons. The van der Waals surface area contributed by atoms with Crippen LogP contribution in [0.1, 0.15) is 11.1 Å². The zero-order valence-corrected chi connectivity index (χ0v) is 9.53. The van der Waals surface area contributed by atoms with E-state index in [-0.39, 0.29) is 6.61 Å². The maximum Gasteiger partial charge on any atom is 0.101 e. The first-order valence-electron chi connectivity index (χ1n) is 5.09. The van der Waals surface area contributed by atoms with Crippen LogP contribution in [0.15, 0.2) is 18.2 Å². The van der Waals surface area contributed by atoms with Gasteiger partial charge >= 0.3 is 0 Å². The molecule has 4 heteroatoms. The zero-order valence-electron chi connectivity index (χ0n) is 9.53. The van der Waals surface area contributed by atoms with Gasteiger partial charge in [-0.3, -0.25) is 0 Å². The van der Waals surface area contributed by atoms with Gasteiger partial charge in [-0.1, -0.05) is 6.07 Å². The normalized spacial score (nSPS) is 11.9. The summed E-state index contributed by atoms with van der Waals surface area (Å²) in [5, 5.41) is 21.4. The number of ether oxygens (including phenoxy) is 1. The number of aliphatic hydroxyl groups is 1. The SMILES string of the molecule is COCC(O)CNc1cc(C)ccc1C#N. The molecule has 0 radical (unpaired) electrons. The average molecular weight is 220 g/mol. The Labute approximate surface area is 95.5 Å². The number of anilines is 1. The summed E-state index contributed by atoms with van der Waals surface area (Å²) >= 11 is 0. The van der Waals surface area contributed by atoms with Crippen LogP contribution in [0.4, 0.5) is 5.69 Å². The summed E-state index contributed by atoms with van der Waals surface area (Å²) in [6, 6.07) is 7.64. The highest BCUT2D eigenvalue weighted by atomic mass is 16.5. The molecular formula is C12H16N2O2. The number of benzene rings is 1. The van der Waals surface area contributed by atoms with Crippen molar-refractivity contribution in [3.8, 4) is 6.07 Å². The van der Waals surface area contributed by atoms with E-state index in [2.05, 4.69) is 11.4 Å². The van der Waals surface area contributed by atoms with Crippen molar-refractivity contribution in [3.63, 3.8) is 0 Å². The second-order valence-corrected chi connectivity index (χ2v) is 3.65. The molecule has 0 aliphatic carbocycles. The molecule has 0 bridgehead atoms. The van der Waals surface area contributed by atoms with Crippen LogP contribution in [0.25, 0.3) is 0 Å². The fraction of sp³-hybridized carbons (Fsp3) is 0.417. The van der Waals surface area contributed by atoms with Crippen LogP contribution < -0.4 is 5.32 Å². The van der Waals surface area contributed by atoms with Gasteiger partial charge < -0.3 is 15.2 Å². The van der Waals surface area contributed by atoms with Crippen molar-refractivity contribution in [1.29, 1.82) is 5.26 Å². The summed E-state index contributed by atoms with van der Waals surface area (Å²) in [5.74, 6) is 0. The van der Waals surface area contributed by atoms with Crippen LogP contribution in [-0.2, 0) is 4.74 Å². The lowest BCUT2D eigenvalue weighted by molar-refractivity contribution is 0.0727. The zero-order chi connectivity index (χ0) is 12.0. The molecule has 0 heterocycles. The molecule has 0 aliphatic rings. The average Bonchev–Trinajstić information content (AvgIpc) is 2.27. The largest absolute Gasteiger partial charge is 0.389 e. The molecule has 1 rings (SSSR count).